The van der Waals surface area contributed by atoms with E-state index in [0.29, 0.717) is 17.9 Å². The van der Waals surface area contributed by atoms with Gasteiger partial charge in [0.2, 0.25) is 5.91 Å². The second-order valence-corrected chi connectivity index (χ2v) is 9.70. The van der Waals surface area contributed by atoms with Crippen molar-refractivity contribution in [2.24, 2.45) is 11.3 Å². The molecule has 16 nitrogen and oxygen atoms in total. The molecule has 2 unspecified atom stereocenters. The predicted octanol–water partition coefficient (Wildman–Crippen LogP) is -0.526. The first-order valence-corrected chi connectivity index (χ1v) is 12.5. The van der Waals surface area contributed by atoms with Gasteiger partial charge < -0.3 is 35.2 Å². The zero-order valence-electron chi connectivity index (χ0n) is 19.9. The summed E-state index contributed by atoms with van der Waals surface area (Å²) in [7, 11) is -5.33. The van der Waals surface area contributed by atoms with Crippen LogP contribution in [0.25, 0.3) is 0 Å². The summed E-state index contributed by atoms with van der Waals surface area (Å²) in [4.78, 5) is 71.6. The van der Waals surface area contributed by atoms with Crippen molar-refractivity contribution in [2.75, 3.05) is 26.3 Å². The molecular weight excluding hydrogens is 526 g/mol. The van der Waals surface area contributed by atoms with E-state index in [9.17, 15) is 52.5 Å². The Hall–Kier alpha value is -3.31. The third-order valence-electron chi connectivity index (χ3n) is 5.43. The maximum absolute atomic E-state index is 12.8. The minimum Gasteiger partial charge on any atom is -0.481 e. The Balaban J connectivity index is 6.30. The highest BCUT2D eigenvalue weighted by Gasteiger charge is 2.58. The van der Waals surface area contributed by atoms with Crippen LogP contribution >= 0.6 is 0 Å². The van der Waals surface area contributed by atoms with Gasteiger partial charge in [0.05, 0.1) is 18.8 Å². The van der Waals surface area contributed by atoms with Crippen molar-refractivity contribution < 1.29 is 72.0 Å². The topological polar surface area (TPSA) is 270 Å². The van der Waals surface area contributed by atoms with Crippen LogP contribution in [-0.4, -0.2) is 111 Å². The first kappa shape index (κ1) is 33.7. The Kier molecular flexibility index (Phi) is 13.7. The maximum Gasteiger partial charge on any atom is 0.324 e. The summed E-state index contributed by atoms with van der Waals surface area (Å²) in [6.45, 7) is 0.241. The summed E-state index contributed by atoms with van der Waals surface area (Å²) in [6, 6.07) is 0. The van der Waals surface area contributed by atoms with Crippen LogP contribution in [-0.2, 0) is 43.6 Å². The van der Waals surface area contributed by atoms with Gasteiger partial charge in [-0.3, -0.25) is 33.3 Å². The van der Waals surface area contributed by atoms with Crippen LogP contribution in [0.1, 0.15) is 45.4 Å². The lowest BCUT2D eigenvalue weighted by atomic mass is 9.72. The van der Waals surface area contributed by atoms with E-state index in [0.717, 1.165) is 12.8 Å². The molecule has 0 bridgehead atoms. The zero-order valence-corrected chi connectivity index (χ0v) is 20.8. The first-order chi connectivity index (χ1) is 17.0. The molecule has 1 amide bonds. The van der Waals surface area contributed by atoms with Crippen molar-refractivity contribution >= 4 is 45.9 Å². The van der Waals surface area contributed by atoms with Crippen LogP contribution in [0, 0.1) is 11.3 Å². The third-order valence-corrected chi connectivity index (χ3v) is 6.52. The minimum atomic E-state index is -5.33. The van der Waals surface area contributed by atoms with Crippen molar-refractivity contribution in [3.05, 3.63) is 0 Å². The monoisotopic (exact) mass is 557 g/mol. The van der Waals surface area contributed by atoms with Crippen LogP contribution in [0.5, 0.6) is 0 Å². The van der Waals surface area contributed by atoms with Gasteiger partial charge >= 0.3 is 29.8 Å². The van der Waals surface area contributed by atoms with E-state index >= 15 is 0 Å². The molecule has 0 aromatic carbocycles. The summed E-state index contributed by atoms with van der Waals surface area (Å²) in [5.41, 5.74) is -3.42. The average Bonchev–Trinajstić information content (AvgIpc) is 2.75. The van der Waals surface area contributed by atoms with Gasteiger partial charge in [-0.05, 0) is 12.8 Å². The van der Waals surface area contributed by atoms with Gasteiger partial charge in [-0.2, -0.15) is 8.42 Å². The van der Waals surface area contributed by atoms with Gasteiger partial charge in [0, 0.05) is 26.3 Å². The fraction of sp³-hybridized carbons (Fsp3) is 0.700. The number of carboxylic acids is 5. The summed E-state index contributed by atoms with van der Waals surface area (Å²) in [5.74, 6) is -14.7. The first-order valence-electron chi connectivity index (χ1n) is 11.0. The number of amides is 1. The van der Waals surface area contributed by atoms with E-state index in [-0.39, 0.29) is 13.0 Å². The third kappa shape index (κ3) is 10.3. The number of rotatable bonds is 20. The normalized spacial score (nSPS) is 13.4. The lowest BCUT2D eigenvalue weighted by molar-refractivity contribution is -0.180. The summed E-state index contributed by atoms with van der Waals surface area (Å²) in [6.07, 6.45) is -0.539. The molecule has 37 heavy (non-hydrogen) atoms. The molecule has 0 saturated carbocycles. The average molecular weight is 558 g/mol. The molecule has 0 saturated heterocycles. The zero-order chi connectivity index (χ0) is 29.0. The van der Waals surface area contributed by atoms with Crippen LogP contribution < -0.4 is 0 Å². The van der Waals surface area contributed by atoms with Crippen LogP contribution in [0.4, 0.5) is 0 Å². The smallest absolute Gasteiger partial charge is 0.324 e. The summed E-state index contributed by atoms with van der Waals surface area (Å²) < 4.78 is 37.2. The molecule has 0 aromatic rings. The molecule has 0 aliphatic rings. The largest absolute Gasteiger partial charge is 0.481 e. The van der Waals surface area contributed by atoms with Gasteiger partial charge in [-0.25, -0.2) is 0 Å². The SMILES string of the molecule is CCCCCOCCCN(CC(C(=O)O)(C(=O)O)C(CC(=O)O)C(=O)O)C(=O)CC(C(=O)O)S(=O)(=O)O. The Morgan fingerprint density at radius 1 is 0.838 bits per heavy atom. The highest BCUT2D eigenvalue weighted by Crippen LogP contribution is 2.34. The number of hydrogen-bond acceptors (Lipinski definition) is 9. The van der Waals surface area contributed by atoms with E-state index in [2.05, 4.69) is 0 Å². The van der Waals surface area contributed by atoms with Crippen LogP contribution in [0.2, 0.25) is 0 Å². The molecule has 0 fully saturated rings. The van der Waals surface area contributed by atoms with Crippen LogP contribution in [0.15, 0.2) is 0 Å². The quantitative estimate of drug-likeness (QED) is 0.0624. The Labute approximate surface area is 211 Å². The van der Waals surface area contributed by atoms with Gasteiger partial charge in [0.1, 0.15) is 0 Å². The fourth-order valence-electron chi connectivity index (χ4n) is 3.40. The van der Waals surface area contributed by atoms with E-state index < -0.39 is 88.4 Å². The highest BCUT2D eigenvalue weighted by atomic mass is 32.2. The van der Waals surface area contributed by atoms with Crippen molar-refractivity contribution in [3.63, 3.8) is 0 Å². The number of carbonyl (C=O) groups excluding carboxylic acids is 1. The second kappa shape index (κ2) is 15.1. The van der Waals surface area contributed by atoms with E-state index in [1.54, 1.807) is 0 Å². The molecule has 0 aromatic heterocycles. The fourth-order valence-corrected chi connectivity index (χ4v) is 4.00. The number of aliphatic carboxylic acids is 5. The number of hydrogen-bond donors (Lipinski definition) is 6. The number of ether oxygens (including phenoxy) is 1. The van der Waals surface area contributed by atoms with Gasteiger partial charge in [-0.1, -0.05) is 19.8 Å². The van der Waals surface area contributed by atoms with E-state index in [4.69, 9.17) is 19.5 Å². The molecule has 0 aliphatic heterocycles. The lowest BCUT2D eigenvalue weighted by Crippen LogP contribution is -2.57. The highest BCUT2D eigenvalue weighted by molar-refractivity contribution is 7.87. The molecule has 6 N–H and O–H groups in total. The standard InChI is InChI=1S/C20H31NO15S/c1-2-3-4-7-36-8-5-6-21(14(22)10-13(17(27)28)37(33,34)35)11-20(18(29)30,19(31)32)12(16(25)26)9-15(23)24/h12-13H,2-11H2,1H3,(H,23,24)(H,25,26)(H,27,28)(H,29,30)(H,31,32)(H,33,34,35). The van der Waals surface area contributed by atoms with E-state index in [1.807, 2.05) is 6.92 Å². The lowest BCUT2D eigenvalue weighted by Gasteiger charge is -2.35. The van der Waals surface area contributed by atoms with Gasteiger partial charge in [0.25, 0.3) is 10.1 Å². The molecular formula is C20H31NO15S. The molecule has 17 heteroatoms. The summed E-state index contributed by atoms with van der Waals surface area (Å²) >= 11 is 0. The van der Waals surface area contributed by atoms with Crippen LogP contribution in [0.3, 0.4) is 0 Å². The van der Waals surface area contributed by atoms with Crippen molar-refractivity contribution in [1.29, 1.82) is 0 Å². The van der Waals surface area contributed by atoms with Crippen molar-refractivity contribution in [2.45, 2.75) is 50.7 Å². The molecule has 0 heterocycles. The van der Waals surface area contributed by atoms with Gasteiger partial charge in [-0.15, -0.1) is 0 Å². The Morgan fingerprint density at radius 2 is 1.38 bits per heavy atom. The molecule has 212 valence electrons. The maximum atomic E-state index is 12.8. The number of carbonyl (C=O) groups is 6. The number of carboxylic acid groups (broad SMARTS) is 5. The molecule has 2 atom stereocenters. The Bertz CT molecular complexity index is 947. The molecule has 0 rings (SSSR count). The summed E-state index contributed by atoms with van der Waals surface area (Å²) in [5, 5.41) is 44.3. The predicted molar refractivity (Wildman–Crippen MR) is 120 cm³/mol. The van der Waals surface area contributed by atoms with Crippen molar-refractivity contribution in [1.82, 2.24) is 4.90 Å². The number of nitrogens with zero attached hydrogens (tertiary/aromatic N) is 1. The minimum absolute atomic E-state index is 0.0429. The van der Waals surface area contributed by atoms with Gasteiger partial charge in [0.15, 0.2) is 10.7 Å². The molecule has 0 aliphatic carbocycles. The molecule has 0 spiro atoms. The Morgan fingerprint density at radius 3 is 1.78 bits per heavy atom. The van der Waals surface area contributed by atoms with E-state index in [1.165, 1.54) is 0 Å². The number of unbranched alkanes of at least 4 members (excludes halogenated alkanes) is 2. The van der Waals surface area contributed by atoms with Crippen molar-refractivity contribution in [3.8, 4) is 0 Å². The molecule has 0 radical (unpaired) electrons. The second-order valence-electron chi connectivity index (χ2n) is 8.10.